The van der Waals surface area contributed by atoms with Gasteiger partial charge in [0.25, 0.3) is 0 Å². The van der Waals surface area contributed by atoms with Crippen molar-refractivity contribution in [1.29, 1.82) is 0 Å². The Morgan fingerprint density at radius 2 is 2.07 bits per heavy atom. The zero-order valence-electron chi connectivity index (χ0n) is 16.6. The number of hydrogen-bond acceptors (Lipinski definition) is 5. The van der Waals surface area contributed by atoms with Gasteiger partial charge in [-0.3, -0.25) is 19.7 Å². The maximum atomic E-state index is 12.9. The minimum Gasteiger partial charge on any atom is -0.493 e. The fraction of sp³-hybridized carbons (Fsp3) is 0.455. The van der Waals surface area contributed by atoms with Crippen molar-refractivity contribution in [2.75, 3.05) is 19.7 Å². The van der Waals surface area contributed by atoms with Gasteiger partial charge in [-0.2, -0.15) is 0 Å². The number of carbonyl (C=O) groups is 1. The van der Waals surface area contributed by atoms with Crippen molar-refractivity contribution in [3.05, 3.63) is 67.6 Å². The Morgan fingerprint density at radius 3 is 2.90 bits per heavy atom. The Balaban J connectivity index is 1.28. The zero-order chi connectivity index (χ0) is 20.8. The number of carbonyl (C=O) groups excluding carboxylic acids is 1. The van der Waals surface area contributed by atoms with Gasteiger partial charge in [-0.15, -0.1) is 0 Å². The molecule has 1 aromatic carbocycles. The van der Waals surface area contributed by atoms with Crippen molar-refractivity contribution in [3.8, 4) is 5.75 Å². The Labute approximate surface area is 173 Å². The lowest BCUT2D eigenvalue weighted by molar-refractivity contribution is -0.386. The first-order chi connectivity index (χ1) is 14.5. The molecule has 30 heavy (non-hydrogen) atoms. The second-order valence-corrected chi connectivity index (χ2v) is 8.45. The van der Waals surface area contributed by atoms with E-state index in [1.165, 1.54) is 11.6 Å². The minimum atomic E-state index is -0.624. The van der Waals surface area contributed by atoms with Crippen LogP contribution >= 0.6 is 0 Å². The van der Waals surface area contributed by atoms with Crippen molar-refractivity contribution in [3.63, 3.8) is 0 Å². The summed E-state index contributed by atoms with van der Waals surface area (Å²) in [6.07, 6.45) is 2.97. The van der Waals surface area contributed by atoms with Gasteiger partial charge in [-0.1, -0.05) is 12.1 Å². The fourth-order valence-electron chi connectivity index (χ4n) is 5.08. The predicted molar refractivity (Wildman–Crippen MR) is 109 cm³/mol. The highest BCUT2D eigenvalue weighted by Crippen LogP contribution is 2.36. The standard InChI is InChI=1S/C22H23N3O5/c26-21(6-2-14-1-5-20-16(9-14)7-8-30-20)23-11-15-10-17(13-23)18-3-4-19(25(28)29)22(27)24(18)12-15/h1,3-5,9,15,17H,2,6-8,10-13H2/t15-,17?/m0/s1. The zero-order valence-corrected chi connectivity index (χ0v) is 16.6. The Morgan fingerprint density at radius 1 is 1.20 bits per heavy atom. The van der Waals surface area contributed by atoms with Crippen LogP contribution in [0, 0.1) is 16.0 Å². The molecule has 0 spiro atoms. The maximum absolute atomic E-state index is 12.9. The minimum absolute atomic E-state index is 0.0482. The monoisotopic (exact) mass is 409 g/mol. The molecule has 0 saturated carbocycles. The molecule has 5 rings (SSSR count). The summed E-state index contributed by atoms with van der Waals surface area (Å²) in [5.74, 6) is 1.27. The molecule has 156 valence electrons. The third-order valence-corrected chi connectivity index (χ3v) is 6.51. The van der Waals surface area contributed by atoms with E-state index in [2.05, 4.69) is 6.07 Å². The number of fused-ring (bicyclic) bond motifs is 5. The van der Waals surface area contributed by atoms with Crippen molar-refractivity contribution in [2.45, 2.75) is 38.1 Å². The molecule has 0 N–H and O–H groups in total. The van der Waals surface area contributed by atoms with Crippen LogP contribution in [0.2, 0.25) is 0 Å². The van der Waals surface area contributed by atoms with Gasteiger partial charge in [0.2, 0.25) is 5.91 Å². The summed E-state index contributed by atoms with van der Waals surface area (Å²) >= 11 is 0. The molecule has 1 aromatic heterocycles. The van der Waals surface area contributed by atoms with E-state index in [1.54, 1.807) is 10.6 Å². The molecule has 2 aromatic rings. The first-order valence-electron chi connectivity index (χ1n) is 10.4. The molecule has 0 radical (unpaired) electrons. The highest BCUT2D eigenvalue weighted by atomic mass is 16.6. The van der Waals surface area contributed by atoms with Crippen molar-refractivity contribution >= 4 is 11.6 Å². The van der Waals surface area contributed by atoms with Gasteiger partial charge in [0, 0.05) is 50.2 Å². The van der Waals surface area contributed by atoms with Gasteiger partial charge in [-0.25, -0.2) is 0 Å². The number of benzene rings is 1. The SMILES string of the molecule is O=C(CCc1ccc2c(c1)CCO2)N1CC2C[C@@H](C1)Cn1c2ccc([N+](=O)[O-])c1=O. The summed E-state index contributed by atoms with van der Waals surface area (Å²) in [4.78, 5) is 37.7. The number of ether oxygens (including phenoxy) is 1. The summed E-state index contributed by atoms with van der Waals surface area (Å²) in [5, 5.41) is 11.1. The van der Waals surface area contributed by atoms with Crippen LogP contribution in [-0.2, 0) is 24.2 Å². The number of hydrogen-bond donors (Lipinski definition) is 0. The van der Waals surface area contributed by atoms with E-state index in [-0.39, 0.29) is 23.4 Å². The molecule has 8 heteroatoms. The van der Waals surface area contributed by atoms with E-state index in [0.29, 0.717) is 32.5 Å². The molecule has 2 bridgehead atoms. The second kappa shape index (κ2) is 7.27. The molecule has 1 fully saturated rings. The summed E-state index contributed by atoms with van der Waals surface area (Å²) in [7, 11) is 0. The molecule has 8 nitrogen and oxygen atoms in total. The topological polar surface area (TPSA) is 94.7 Å². The van der Waals surface area contributed by atoms with E-state index < -0.39 is 10.5 Å². The van der Waals surface area contributed by atoms with E-state index in [4.69, 9.17) is 4.74 Å². The number of likely N-dealkylation sites (tertiary alicyclic amines) is 1. The summed E-state index contributed by atoms with van der Waals surface area (Å²) < 4.78 is 7.08. The quantitative estimate of drug-likeness (QED) is 0.570. The predicted octanol–water partition coefficient (Wildman–Crippen LogP) is 2.27. The smallest absolute Gasteiger partial charge is 0.334 e. The normalized spacial score (nSPS) is 21.5. The molecule has 3 aliphatic rings. The fourth-order valence-corrected chi connectivity index (χ4v) is 5.08. The Hall–Kier alpha value is -3.16. The molecule has 1 saturated heterocycles. The second-order valence-electron chi connectivity index (χ2n) is 8.45. The molecule has 3 aliphatic heterocycles. The molecule has 0 aliphatic carbocycles. The molecule has 1 unspecified atom stereocenters. The van der Waals surface area contributed by atoms with Gasteiger partial charge < -0.3 is 14.2 Å². The lowest BCUT2D eigenvalue weighted by Crippen LogP contribution is -2.49. The summed E-state index contributed by atoms with van der Waals surface area (Å²) in [6, 6.07) is 9.13. The van der Waals surface area contributed by atoms with Crippen molar-refractivity contribution in [2.24, 2.45) is 5.92 Å². The lowest BCUT2D eigenvalue weighted by atomic mass is 9.83. The molecule has 1 amide bonds. The van der Waals surface area contributed by atoms with Crippen molar-refractivity contribution in [1.82, 2.24) is 9.47 Å². The average molecular weight is 409 g/mol. The average Bonchev–Trinajstić information content (AvgIpc) is 3.20. The summed E-state index contributed by atoms with van der Waals surface area (Å²) in [6.45, 7) is 2.31. The van der Waals surface area contributed by atoms with Crippen molar-refractivity contribution < 1.29 is 14.5 Å². The van der Waals surface area contributed by atoms with E-state index in [9.17, 15) is 19.7 Å². The van der Waals surface area contributed by atoms with Crippen LogP contribution < -0.4 is 10.3 Å². The number of aryl methyl sites for hydroxylation is 1. The molecular formula is C22H23N3O5. The lowest BCUT2D eigenvalue weighted by Gasteiger charge is -2.42. The third-order valence-electron chi connectivity index (χ3n) is 6.51. The first-order valence-corrected chi connectivity index (χ1v) is 10.4. The van der Waals surface area contributed by atoms with Gasteiger partial charge in [0.1, 0.15) is 5.75 Å². The van der Waals surface area contributed by atoms with E-state index >= 15 is 0 Å². The number of pyridine rings is 1. The highest BCUT2D eigenvalue weighted by Gasteiger charge is 2.37. The van der Waals surface area contributed by atoms with Crippen LogP contribution in [0.15, 0.2) is 35.1 Å². The first kappa shape index (κ1) is 18.8. The van der Waals surface area contributed by atoms with Crippen LogP contribution in [0.5, 0.6) is 5.75 Å². The van der Waals surface area contributed by atoms with Crippen LogP contribution in [0.4, 0.5) is 5.69 Å². The van der Waals surface area contributed by atoms with Crippen LogP contribution in [0.1, 0.15) is 35.6 Å². The molecule has 2 atom stereocenters. The summed E-state index contributed by atoms with van der Waals surface area (Å²) in [5.41, 5.74) is 2.24. The molecule has 4 heterocycles. The van der Waals surface area contributed by atoms with Crippen LogP contribution in [0.3, 0.4) is 0 Å². The largest absolute Gasteiger partial charge is 0.493 e. The Kier molecular flexibility index (Phi) is 4.56. The van der Waals surface area contributed by atoms with Gasteiger partial charge in [0.05, 0.1) is 11.5 Å². The van der Waals surface area contributed by atoms with E-state index in [0.717, 1.165) is 36.5 Å². The van der Waals surface area contributed by atoms with Gasteiger partial charge in [0.15, 0.2) is 0 Å². The number of rotatable bonds is 4. The van der Waals surface area contributed by atoms with Crippen LogP contribution in [-0.4, -0.2) is 40.0 Å². The molecular weight excluding hydrogens is 386 g/mol. The number of nitrogens with zero attached hydrogens (tertiary/aromatic N) is 3. The third kappa shape index (κ3) is 3.26. The number of piperidine rings is 1. The maximum Gasteiger partial charge on any atom is 0.334 e. The Bertz CT molecular complexity index is 1090. The van der Waals surface area contributed by atoms with Crippen LogP contribution in [0.25, 0.3) is 0 Å². The number of amides is 1. The van der Waals surface area contributed by atoms with Gasteiger partial charge in [-0.05, 0) is 42.0 Å². The van der Waals surface area contributed by atoms with E-state index in [1.807, 2.05) is 17.0 Å². The highest BCUT2D eigenvalue weighted by molar-refractivity contribution is 5.76. The number of nitro groups is 1. The number of aromatic nitrogens is 1. The van der Waals surface area contributed by atoms with Gasteiger partial charge >= 0.3 is 11.2 Å².